The predicted molar refractivity (Wildman–Crippen MR) is 120 cm³/mol. The van der Waals surface area contributed by atoms with Crippen molar-refractivity contribution in [1.29, 1.82) is 0 Å². The number of sulfonamides is 1. The van der Waals surface area contributed by atoms with Crippen LogP contribution in [0, 0.1) is 11.7 Å². The van der Waals surface area contributed by atoms with Crippen LogP contribution < -0.4 is 4.80 Å². The lowest BCUT2D eigenvalue weighted by Gasteiger charge is -2.30. The van der Waals surface area contributed by atoms with E-state index in [1.54, 1.807) is 4.57 Å². The Morgan fingerprint density at radius 2 is 1.91 bits per heavy atom. The van der Waals surface area contributed by atoms with Gasteiger partial charge in [0.2, 0.25) is 10.0 Å². The van der Waals surface area contributed by atoms with Crippen LogP contribution in [0.25, 0.3) is 10.2 Å². The smallest absolute Gasteiger partial charge is 0.325 e. The molecule has 0 N–H and O–H groups in total. The molecule has 0 bridgehead atoms. The topological polar surface area (TPSA) is 98.0 Å². The van der Waals surface area contributed by atoms with Crippen LogP contribution in [0.4, 0.5) is 4.39 Å². The van der Waals surface area contributed by atoms with Gasteiger partial charge in [0.05, 0.1) is 28.1 Å². The molecule has 1 saturated heterocycles. The highest BCUT2D eigenvalue weighted by molar-refractivity contribution is 7.89. The van der Waals surface area contributed by atoms with Gasteiger partial charge in [0, 0.05) is 13.1 Å². The molecule has 1 amide bonds. The molecule has 8 nitrogen and oxygen atoms in total. The quantitative estimate of drug-likeness (QED) is 0.511. The van der Waals surface area contributed by atoms with Gasteiger partial charge < -0.3 is 9.30 Å². The molecule has 1 aliphatic rings. The van der Waals surface area contributed by atoms with Crippen LogP contribution in [-0.4, -0.2) is 49.4 Å². The van der Waals surface area contributed by atoms with Crippen molar-refractivity contribution in [2.24, 2.45) is 10.9 Å². The van der Waals surface area contributed by atoms with Crippen LogP contribution in [0.3, 0.4) is 0 Å². The van der Waals surface area contributed by atoms with Crippen LogP contribution in [0.15, 0.2) is 58.4 Å². The van der Waals surface area contributed by atoms with Gasteiger partial charge in [0.15, 0.2) is 4.80 Å². The van der Waals surface area contributed by atoms with E-state index in [0.29, 0.717) is 17.6 Å². The summed E-state index contributed by atoms with van der Waals surface area (Å²) in [4.78, 5) is 29.6. The highest BCUT2D eigenvalue weighted by Gasteiger charge is 2.33. The highest BCUT2D eigenvalue weighted by Crippen LogP contribution is 2.25. The van der Waals surface area contributed by atoms with E-state index in [1.807, 2.05) is 24.3 Å². The molecule has 2 heterocycles. The van der Waals surface area contributed by atoms with E-state index < -0.39 is 33.6 Å². The number of aromatic nitrogens is 1. The van der Waals surface area contributed by atoms with Gasteiger partial charge in [0.1, 0.15) is 12.4 Å². The monoisotopic (exact) mass is 491 g/mol. The summed E-state index contributed by atoms with van der Waals surface area (Å²) in [5.74, 6) is -2.06. The largest absolute Gasteiger partial charge is 0.468 e. The molecule has 4 rings (SSSR count). The van der Waals surface area contributed by atoms with Gasteiger partial charge in [-0.3, -0.25) is 9.59 Å². The Morgan fingerprint density at radius 1 is 1.18 bits per heavy atom. The third-order valence-corrected chi connectivity index (χ3v) is 8.43. The number of ether oxygens (including phenoxy) is 1. The summed E-state index contributed by atoms with van der Waals surface area (Å²) in [5.41, 5.74) is 0.753. The van der Waals surface area contributed by atoms with Gasteiger partial charge in [-0.15, -0.1) is 0 Å². The first-order valence-electron chi connectivity index (χ1n) is 10.3. The number of carbonyl (C=O) groups is 2. The molecule has 0 spiro atoms. The van der Waals surface area contributed by atoms with E-state index in [4.69, 9.17) is 4.74 Å². The summed E-state index contributed by atoms with van der Waals surface area (Å²) in [6.07, 6.45) is 1.00. The van der Waals surface area contributed by atoms with Gasteiger partial charge in [-0.2, -0.15) is 9.30 Å². The second-order valence-electron chi connectivity index (χ2n) is 7.62. The molecular formula is C22H22FN3O5S2. The molecule has 0 radical (unpaired) electrons. The van der Waals surface area contributed by atoms with Gasteiger partial charge >= 0.3 is 5.97 Å². The third kappa shape index (κ3) is 4.90. The van der Waals surface area contributed by atoms with E-state index in [0.717, 1.165) is 22.3 Å². The number of amides is 1. The standard InChI is InChI=1S/C22H22FN3O5S2/c1-31-20(27)14-26-18-6-2-3-7-19(18)32-22(26)24-21(28)15-5-4-12-25(13-15)33(29,30)17-10-8-16(23)9-11-17/h2-3,6-11,15H,4-5,12-14H2,1H3. The normalized spacial score (nSPS) is 17.9. The zero-order valence-electron chi connectivity index (χ0n) is 17.8. The Morgan fingerprint density at radius 3 is 2.64 bits per heavy atom. The molecule has 0 saturated carbocycles. The summed E-state index contributed by atoms with van der Waals surface area (Å²) < 4.78 is 47.6. The maximum absolute atomic E-state index is 13.2. The van der Waals surface area contributed by atoms with Crippen molar-refractivity contribution in [2.75, 3.05) is 20.2 Å². The van der Waals surface area contributed by atoms with Gasteiger partial charge in [-0.1, -0.05) is 23.5 Å². The lowest BCUT2D eigenvalue weighted by Crippen LogP contribution is -2.42. The fourth-order valence-corrected chi connectivity index (χ4v) is 6.31. The Kier molecular flexibility index (Phi) is 6.73. The van der Waals surface area contributed by atoms with Crippen molar-refractivity contribution in [1.82, 2.24) is 8.87 Å². The lowest BCUT2D eigenvalue weighted by atomic mass is 9.99. The zero-order chi connectivity index (χ0) is 23.6. The van der Waals surface area contributed by atoms with Gasteiger partial charge in [-0.05, 0) is 49.2 Å². The first kappa shape index (κ1) is 23.3. The number of thiazole rings is 1. The number of nitrogens with zero attached hydrogens (tertiary/aromatic N) is 3. The van der Waals surface area contributed by atoms with Crippen LogP contribution >= 0.6 is 11.3 Å². The van der Waals surface area contributed by atoms with Crippen LogP contribution in [0.5, 0.6) is 0 Å². The SMILES string of the molecule is COC(=O)Cn1c(=NC(=O)C2CCCN(S(=O)(=O)c3ccc(F)cc3)C2)sc2ccccc21. The van der Waals surface area contributed by atoms with Crippen LogP contribution in [0.2, 0.25) is 0 Å². The predicted octanol–water partition coefficient (Wildman–Crippen LogP) is 2.54. The number of methoxy groups -OCH3 is 1. The highest BCUT2D eigenvalue weighted by atomic mass is 32.2. The van der Waals surface area contributed by atoms with Crippen molar-refractivity contribution in [3.63, 3.8) is 0 Å². The second kappa shape index (κ2) is 9.54. The van der Waals surface area contributed by atoms with E-state index in [9.17, 15) is 22.4 Å². The minimum atomic E-state index is -3.86. The van der Waals surface area contributed by atoms with Crippen molar-refractivity contribution in [3.05, 3.63) is 59.1 Å². The average molecular weight is 492 g/mol. The molecule has 1 aromatic heterocycles. The minimum Gasteiger partial charge on any atom is -0.468 e. The van der Waals surface area contributed by atoms with Crippen LogP contribution in [-0.2, 0) is 30.9 Å². The van der Waals surface area contributed by atoms with Crippen LogP contribution in [0.1, 0.15) is 12.8 Å². The lowest BCUT2D eigenvalue weighted by molar-refractivity contribution is -0.141. The van der Waals surface area contributed by atoms with Gasteiger partial charge in [0.25, 0.3) is 5.91 Å². The van der Waals surface area contributed by atoms with Crippen molar-refractivity contribution < 1.29 is 27.1 Å². The molecule has 3 aromatic rings. The summed E-state index contributed by atoms with van der Waals surface area (Å²) in [6.45, 7) is 0.168. The van der Waals surface area contributed by atoms with E-state index in [2.05, 4.69) is 4.99 Å². The molecule has 1 atom stereocenters. The number of halogens is 1. The Labute approximate surface area is 194 Å². The number of piperidine rings is 1. The number of hydrogen-bond donors (Lipinski definition) is 0. The van der Waals surface area contributed by atoms with E-state index in [-0.39, 0.29) is 24.5 Å². The first-order valence-corrected chi connectivity index (χ1v) is 12.5. The van der Waals surface area contributed by atoms with Gasteiger partial charge in [-0.25, -0.2) is 12.8 Å². The summed E-state index contributed by atoms with van der Waals surface area (Å²) in [6, 6.07) is 12.0. The summed E-state index contributed by atoms with van der Waals surface area (Å²) in [7, 11) is -2.57. The molecule has 0 aliphatic carbocycles. The second-order valence-corrected chi connectivity index (χ2v) is 10.6. The first-order chi connectivity index (χ1) is 15.8. The molecule has 1 fully saturated rings. The number of esters is 1. The molecular weight excluding hydrogens is 469 g/mol. The summed E-state index contributed by atoms with van der Waals surface area (Å²) >= 11 is 1.27. The molecule has 174 valence electrons. The number of hydrogen-bond acceptors (Lipinski definition) is 6. The van der Waals surface area contributed by atoms with Crippen molar-refractivity contribution in [2.45, 2.75) is 24.3 Å². The number of para-hydroxylation sites is 1. The Hall–Kier alpha value is -2.89. The number of rotatable bonds is 5. The molecule has 2 aromatic carbocycles. The fraction of sp³-hybridized carbons (Fsp3) is 0.318. The maximum Gasteiger partial charge on any atom is 0.325 e. The average Bonchev–Trinajstić information content (AvgIpc) is 3.16. The minimum absolute atomic E-state index is 0.00998. The fourth-order valence-electron chi connectivity index (χ4n) is 3.76. The Bertz CT molecular complexity index is 1360. The summed E-state index contributed by atoms with van der Waals surface area (Å²) in [5, 5.41) is 0. The molecule has 11 heteroatoms. The van der Waals surface area contributed by atoms with E-state index in [1.165, 1.54) is 34.9 Å². The number of fused-ring (bicyclic) bond motifs is 1. The number of benzene rings is 2. The van der Waals surface area contributed by atoms with Crippen molar-refractivity contribution in [3.8, 4) is 0 Å². The van der Waals surface area contributed by atoms with Crippen molar-refractivity contribution >= 4 is 43.5 Å². The Balaban J connectivity index is 1.62. The van der Waals surface area contributed by atoms with E-state index >= 15 is 0 Å². The number of carbonyl (C=O) groups excluding carboxylic acids is 2. The molecule has 1 aliphatic heterocycles. The zero-order valence-corrected chi connectivity index (χ0v) is 19.4. The maximum atomic E-state index is 13.2. The molecule has 1 unspecified atom stereocenters. The third-order valence-electron chi connectivity index (χ3n) is 5.49. The molecule has 33 heavy (non-hydrogen) atoms.